The molecular formula is C18H22ClN3O3. The van der Waals surface area contributed by atoms with Crippen molar-refractivity contribution in [1.29, 1.82) is 0 Å². The summed E-state index contributed by atoms with van der Waals surface area (Å²) in [7, 11) is 0. The molecule has 2 aliphatic rings. The van der Waals surface area contributed by atoms with Gasteiger partial charge >= 0.3 is 6.03 Å². The third-order valence-corrected chi connectivity index (χ3v) is 5.46. The first kappa shape index (κ1) is 17.7. The number of carbonyl (C=O) groups is 3. The molecule has 134 valence electrons. The van der Waals surface area contributed by atoms with Crippen LogP contribution < -0.4 is 10.6 Å². The second-order valence-electron chi connectivity index (χ2n) is 6.81. The van der Waals surface area contributed by atoms with Gasteiger partial charge in [-0.2, -0.15) is 0 Å². The van der Waals surface area contributed by atoms with E-state index in [-0.39, 0.29) is 12.5 Å². The SMILES string of the molecule is CCC1CCC2(CC1)NC(=O)N(CC(=O)Nc1ccc(Cl)cc1)C2=O. The van der Waals surface area contributed by atoms with E-state index in [0.717, 1.165) is 24.2 Å². The van der Waals surface area contributed by atoms with Crippen molar-refractivity contribution in [3.05, 3.63) is 29.3 Å². The molecule has 4 amide bonds. The Morgan fingerprint density at radius 1 is 1.28 bits per heavy atom. The van der Waals surface area contributed by atoms with Crippen LogP contribution in [0.3, 0.4) is 0 Å². The first-order valence-corrected chi connectivity index (χ1v) is 9.01. The summed E-state index contributed by atoms with van der Waals surface area (Å²) in [6.07, 6.45) is 4.23. The second-order valence-corrected chi connectivity index (χ2v) is 7.25. The summed E-state index contributed by atoms with van der Waals surface area (Å²) >= 11 is 5.81. The Morgan fingerprint density at radius 3 is 2.52 bits per heavy atom. The fourth-order valence-corrected chi connectivity index (χ4v) is 3.74. The van der Waals surface area contributed by atoms with Crippen molar-refractivity contribution in [2.75, 3.05) is 11.9 Å². The maximum absolute atomic E-state index is 12.8. The predicted molar refractivity (Wildman–Crippen MR) is 95.3 cm³/mol. The lowest BCUT2D eigenvalue weighted by molar-refractivity contribution is -0.135. The zero-order chi connectivity index (χ0) is 18.0. The number of nitrogens with one attached hydrogen (secondary N) is 2. The van der Waals surface area contributed by atoms with Crippen molar-refractivity contribution < 1.29 is 14.4 Å². The Labute approximate surface area is 151 Å². The predicted octanol–water partition coefficient (Wildman–Crippen LogP) is 3.17. The Kier molecular flexibility index (Phi) is 4.99. The Bertz CT molecular complexity index is 681. The van der Waals surface area contributed by atoms with Crippen molar-refractivity contribution >= 4 is 35.1 Å². The van der Waals surface area contributed by atoms with Gasteiger partial charge in [0.15, 0.2) is 0 Å². The molecule has 6 nitrogen and oxygen atoms in total. The summed E-state index contributed by atoms with van der Waals surface area (Å²) in [6, 6.07) is 6.17. The zero-order valence-corrected chi connectivity index (χ0v) is 14.9. The number of urea groups is 1. The molecule has 25 heavy (non-hydrogen) atoms. The van der Waals surface area contributed by atoms with E-state index in [1.165, 1.54) is 0 Å². The lowest BCUT2D eigenvalue weighted by atomic mass is 9.75. The molecule has 0 aromatic heterocycles. The monoisotopic (exact) mass is 363 g/mol. The van der Waals surface area contributed by atoms with Crippen LogP contribution in [0.2, 0.25) is 5.02 Å². The number of halogens is 1. The highest BCUT2D eigenvalue weighted by Crippen LogP contribution is 2.37. The van der Waals surface area contributed by atoms with Crippen molar-refractivity contribution in [2.45, 2.75) is 44.6 Å². The Morgan fingerprint density at radius 2 is 1.92 bits per heavy atom. The molecule has 0 bridgehead atoms. The molecule has 7 heteroatoms. The molecule has 3 rings (SSSR count). The van der Waals surface area contributed by atoms with Gasteiger partial charge in [0.2, 0.25) is 5.91 Å². The molecule has 1 saturated heterocycles. The highest BCUT2D eigenvalue weighted by Gasteiger charge is 2.52. The Hall–Kier alpha value is -2.08. The summed E-state index contributed by atoms with van der Waals surface area (Å²) in [6.45, 7) is 1.86. The number of hydrogen-bond acceptors (Lipinski definition) is 3. The van der Waals surface area contributed by atoms with Gasteiger partial charge in [-0.15, -0.1) is 0 Å². The van der Waals surface area contributed by atoms with E-state index >= 15 is 0 Å². The van der Waals surface area contributed by atoms with Crippen LogP contribution in [0, 0.1) is 5.92 Å². The number of anilines is 1. The maximum Gasteiger partial charge on any atom is 0.325 e. The third-order valence-electron chi connectivity index (χ3n) is 5.21. The molecule has 1 aromatic rings. The number of rotatable bonds is 4. The number of nitrogens with zero attached hydrogens (tertiary/aromatic N) is 1. The number of benzene rings is 1. The summed E-state index contributed by atoms with van der Waals surface area (Å²) in [4.78, 5) is 38.2. The number of amides is 4. The highest BCUT2D eigenvalue weighted by molar-refractivity contribution is 6.30. The van der Waals surface area contributed by atoms with Gasteiger partial charge in [-0.25, -0.2) is 4.79 Å². The zero-order valence-electron chi connectivity index (χ0n) is 14.2. The molecule has 2 fully saturated rings. The quantitative estimate of drug-likeness (QED) is 0.806. The highest BCUT2D eigenvalue weighted by atomic mass is 35.5. The maximum atomic E-state index is 12.8. The summed E-state index contributed by atoms with van der Waals surface area (Å²) < 4.78 is 0. The summed E-state index contributed by atoms with van der Waals surface area (Å²) in [5, 5.41) is 6.07. The Balaban J connectivity index is 1.63. The summed E-state index contributed by atoms with van der Waals surface area (Å²) in [5.41, 5.74) is -0.247. The van der Waals surface area contributed by atoms with E-state index in [0.29, 0.717) is 29.5 Å². The van der Waals surface area contributed by atoms with Gasteiger partial charge in [-0.05, 0) is 55.9 Å². The molecule has 0 atom stereocenters. The van der Waals surface area contributed by atoms with Crippen LogP contribution in [0.1, 0.15) is 39.0 Å². The van der Waals surface area contributed by atoms with Crippen molar-refractivity contribution in [1.82, 2.24) is 10.2 Å². The van der Waals surface area contributed by atoms with Gasteiger partial charge in [-0.1, -0.05) is 24.9 Å². The van der Waals surface area contributed by atoms with Crippen LogP contribution in [0.25, 0.3) is 0 Å². The standard InChI is InChI=1S/C18H22ClN3O3/c1-2-12-7-9-18(10-8-12)16(24)22(17(25)21-18)11-15(23)20-14-5-3-13(19)4-6-14/h3-6,12H,2,7-11H2,1H3,(H,20,23)(H,21,25). The lowest BCUT2D eigenvalue weighted by Gasteiger charge is -2.34. The first-order valence-electron chi connectivity index (χ1n) is 8.63. The van der Waals surface area contributed by atoms with E-state index < -0.39 is 17.5 Å². The molecule has 1 aromatic carbocycles. The van der Waals surface area contributed by atoms with Crippen LogP contribution in [0.4, 0.5) is 10.5 Å². The third kappa shape index (κ3) is 3.63. The van der Waals surface area contributed by atoms with E-state index in [1.807, 2.05) is 0 Å². The molecule has 1 saturated carbocycles. The topological polar surface area (TPSA) is 78.5 Å². The van der Waals surface area contributed by atoms with Crippen LogP contribution in [0.5, 0.6) is 0 Å². The summed E-state index contributed by atoms with van der Waals surface area (Å²) in [5.74, 6) is -0.0824. The van der Waals surface area contributed by atoms with E-state index in [4.69, 9.17) is 11.6 Å². The number of imide groups is 1. The molecule has 1 heterocycles. The average Bonchev–Trinajstić information content (AvgIpc) is 2.82. The van der Waals surface area contributed by atoms with Gasteiger partial charge < -0.3 is 10.6 Å². The van der Waals surface area contributed by atoms with Gasteiger partial charge in [0.25, 0.3) is 5.91 Å². The van der Waals surface area contributed by atoms with Gasteiger partial charge in [-0.3, -0.25) is 14.5 Å². The fraction of sp³-hybridized carbons (Fsp3) is 0.500. The van der Waals surface area contributed by atoms with E-state index in [2.05, 4.69) is 17.6 Å². The molecule has 0 radical (unpaired) electrons. The van der Waals surface area contributed by atoms with Crippen LogP contribution >= 0.6 is 11.6 Å². The van der Waals surface area contributed by atoms with E-state index in [9.17, 15) is 14.4 Å². The average molecular weight is 364 g/mol. The minimum Gasteiger partial charge on any atom is -0.325 e. The molecule has 0 unspecified atom stereocenters. The van der Waals surface area contributed by atoms with Gasteiger partial charge in [0.05, 0.1) is 0 Å². The molecule has 1 spiro atoms. The lowest BCUT2D eigenvalue weighted by Crippen LogP contribution is -2.49. The van der Waals surface area contributed by atoms with E-state index in [1.54, 1.807) is 24.3 Å². The smallest absolute Gasteiger partial charge is 0.325 e. The van der Waals surface area contributed by atoms with Crippen LogP contribution in [-0.4, -0.2) is 34.8 Å². The van der Waals surface area contributed by atoms with Crippen molar-refractivity contribution in [3.63, 3.8) is 0 Å². The molecule has 1 aliphatic carbocycles. The molecule has 1 aliphatic heterocycles. The van der Waals surface area contributed by atoms with Crippen molar-refractivity contribution in [2.24, 2.45) is 5.92 Å². The van der Waals surface area contributed by atoms with Crippen molar-refractivity contribution in [3.8, 4) is 0 Å². The largest absolute Gasteiger partial charge is 0.325 e. The number of carbonyl (C=O) groups excluding carboxylic acids is 3. The van der Waals surface area contributed by atoms with Crippen LogP contribution in [-0.2, 0) is 9.59 Å². The minimum atomic E-state index is -0.816. The van der Waals surface area contributed by atoms with Gasteiger partial charge in [0, 0.05) is 10.7 Å². The number of hydrogen-bond donors (Lipinski definition) is 2. The first-order chi connectivity index (χ1) is 11.9. The molecular weight excluding hydrogens is 342 g/mol. The van der Waals surface area contributed by atoms with Gasteiger partial charge in [0.1, 0.15) is 12.1 Å². The minimum absolute atomic E-state index is 0.279. The normalized spacial score (nSPS) is 26.0. The second kappa shape index (κ2) is 7.04. The molecule has 2 N–H and O–H groups in total. The fourth-order valence-electron chi connectivity index (χ4n) is 3.61. The van der Waals surface area contributed by atoms with Crippen LogP contribution in [0.15, 0.2) is 24.3 Å².